The summed E-state index contributed by atoms with van der Waals surface area (Å²) in [6.07, 6.45) is 1.91. The first-order chi connectivity index (χ1) is 7.61. The Morgan fingerprint density at radius 3 is 2.38 bits per heavy atom. The van der Waals surface area contributed by atoms with Crippen molar-refractivity contribution < 1.29 is 13.6 Å². The van der Waals surface area contributed by atoms with Gasteiger partial charge in [-0.15, -0.1) is 0 Å². The number of primary amides is 1. The summed E-state index contributed by atoms with van der Waals surface area (Å²) >= 11 is 0. The summed E-state index contributed by atoms with van der Waals surface area (Å²) in [6, 6.07) is -0.462. The molecule has 2 amide bonds. The first kappa shape index (κ1) is 15.4. The zero-order valence-corrected chi connectivity index (χ0v) is 11.6. The number of nitrogens with two attached hydrogens (primary N) is 1. The quantitative estimate of drug-likeness (QED) is 0.474. The minimum absolute atomic E-state index is 0.453. The van der Waals surface area contributed by atoms with Crippen molar-refractivity contribution in [3.63, 3.8) is 0 Å². The van der Waals surface area contributed by atoms with Crippen molar-refractivity contribution >= 4 is 15.3 Å². The number of urea groups is 1. The van der Waals surface area contributed by atoms with E-state index in [9.17, 15) is 4.79 Å². The number of hydrogen-bond acceptors (Lipinski definition) is 3. The van der Waals surface area contributed by atoms with E-state index in [1.165, 1.54) is 0 Å². The van der Waals surface area contributed by atoms with E-state index in [1.807, 2.05) is 13.8 Å². The van der Waals surface area contributed by atoms with E-state index in [4.69, 9.17) is 14.6 Å². The Balaban J connectivity index is 3.72. The Labute approximate surface area is 99.5 Å². The highest BCUT2D eigenvalue weighted by molar-refractivity contribution is 6.46. The van der Waals surface area contributed by atoms with Gasteiger partial charge in [-0.3, -0.25) is 0 Å². The SMILES string of the molecule is CCO[SiH](OCC)C(C)CCCNC(N)=O. The van der Waals surface area contributed by atoms with Gasteiger partial charge in [-0.25, -0.2) is 4.79 Å². The summed E-state index contributed by atoms with van der Waals surface area (Å²) in [4.78, 5) is 10.5. The molecule has 0 heterocycles. The molecule has 0 radical (unpaired) electrons. The summed E-state index contributed by atoms with van der Waals surface area (Å²) < 4.78 is 11.3. The molecule has 3 N–H and O–H groups in total. The van der Waals surface area contributed by atoms with Crippen LogP contribution in [0.1, 0.15) is 33.6 Å². The maximum atomic E-state index is 10.5. The highest BCUT2D eigenvalue weighted by Crippen LogP contribution is 2.18. The van der Waals surface area contributed by atoms with E-state index in [-0.39, 0.29) is 0 Å². The third-order valence-corrected chi connectivity index (χ3v) is 4.85. The highest BCUT2D eigenvalue weighted by atomic mass is 28.3. The number of carbonyl (C=O) groups excluding carboxylic acids is 1. The van der Waals surface area contributed by atoms with Gasteiger partial charge in [0.1, 0.15) is 0 Å². The third kappa shape index (κ3) is 7.67. The molecule has 0 rings (SSSR count). The first-order valence-corrected chi connectivity index (χ1v) is 7.49. The second-order valence-electron chi connectivity index (χ2n) is 3.69. The van der Waals surface area contributed by atoms with E-state index in [0.717, 1.165) is 12.8 Å². The van der Waals surface area contributed by atoms with Crippen molar-refractivity contribution in [1.29, 1.82) is 0 Å². The maximum Gasteiger partial charge on any atom is 0.324 e. The second-order valence-corrected chi connectivity index (χ2v) is 6.23. The maximum absolute atomic E-state index is 10.5. The van der Waals surface area contributed by atoms with Crippen LogP contribution in [0.2, 0.25) is 5.54 Å². The van der Waals surface area contributed by atoms with E-state index in [2.05, 4.69) is 12.2 Å². The van der Waals surface area contributed by atoms with Crippen LogP contribution >= 0.6 is 0 Å². The molecular formula is C10H24N2O3Si. The van der Waals surface area contributed by atoms with Gasteiger partial charge in [0.05, 0.1) is 0 Å². The Hall–Kier alpha value is -0.593. The lowest BCUT2D eigenvalue weighted by atomic mass is 10.2. The molecule has 6 heteroatoms. The van der Waals surface area contributed by atoms with Gasteiger partial charge < -0.3 is 19.9 Å². The minimum atomic E-state index is -1.54. The summed E-state index contributed by atoms with van der Waals surface area (Å²) in [7, 11) is -1.54. The van der Waals surface area contributed by atoms with Crippen LogP contribution in [0.4, 0.5) is 4.79 Å². The fourth-order valence-electron chi connectivity index (χ4n) is 1.48. The summed E-state index contributed by atoms with van der Waals surface area (Å²) in [5.74, 6) is 0. The first-order valence-electron chi connectivity index (χ1n) is 5.88. The Kier molecular flexibility index (Phi) is 9.26. The zero-order chi connectivity index (χ0) is 12.4. The molecule has 0 saturated carbocycles. The highest BCUT2D eigenvalue weighted by Gasteiger charge is 2.20. The summed E-state index contributed by atoms with van der Waals surface area (Å²) in [5, 5.41) is 2.58. The Morgan fingerprint density at radius 1 is 1.38 bits per heavy atom. The predicted molar refractivity (Wildman–Crippen MR) is 66.6 cm³/mol. The van der Waals surface area contributed by atoms with E-state index in [1.54, 1.807) is 0 Å². The molecule has 0 saturated heterocycles. The van der Waals surface area contributed by atoms with Gasteiger partial charge in [-0.1, -0.05) is 6.92 Å². The van der Waals surface area contributed by atoms with Crippen LogP contribution < -0.4 is 11.1 Å². The van der Waals surface area contributed by atoms with Gasteiger partial charge in [-0.2, -0.15) is 0 Å². The average molecular weight is 248 g/mol. The average Bonchev–Trinajstić information content (AvgIpc) is 2.23. The van der Waals surface area contributed by atoms with Crippen molar-refractivity contribution in [3.05, 3.63) is 0 Å². The van der Waals surface area contributed by atoms with Crippen LogP contribution in [0.5, 0.6) is 0 Å². The lowest BCUT2D eigenvalue weighted by Crippen LogP contribution is -2.31. The van der Waals surface area contributed by atoms with Crippen LogP contribution in [-0.4, -0.2) is 35.1 Å². The Morgan fingerprint density at radius 2 is 1.94 bits per heavy atom. The van der Waals surface area contributed by atoms with Gasteiger partial charge in [0.25, 0.3) is 0 Å². The van der Waals surface area contributed by atoms with Crippen molar-refractivity contribution in [1.82, 2.24) is 5.32 Å². The molecule has 1 unspecified atom stereocenters. The van der Waals surface area contributed by atoms with E-state index in [0.29, 0.717) is 25.3 Å². The summed E-state index contributed by atoms with van der Waals surface area (Å²) in [5.41, 5.74) is 5.43. The van der Waals surface area contributed by atoms with Crippen LogP contribution in [0.3, 0.4) is 0 Å². The molecule has 0 aromatic carbocycles. The number of rotatable bonds is 9. The van der Waals surface area contributed by atoms with Crippen molar-refractivity contribution in [3.8, 4) is 0 Å². The van der Waals surface area contributed by atoms with Crippen molar-refractivity contribution in [2.75, 3.05) is 19.8 Å². The van der Waals surface area contributed by atoms with Crippen LogP contribution in [-0.2, 0) is 8.85 Å². The van der Waals surface area contributed by atoms with Crippen LogP contribution in [0.25, 0.3) is 0 Å². The van der Waals surface area contributed by atoms with Crippen molar-refractivity contribution in [2.45, 2.75) is 39.2 Å². The molecule has 0 aliphatic rings. The fourth-order valence-corrected chi connectivity index (χ4v) is 3.40. The molecule has 96 valence electrons. The van der Waals surface area contributed by atoms with Gasteiger partial charge in [-0.05, 0) is 32.2 Å². The number of nitrogens with one attached hydrogen (secondary N) is 1. The number of hydrogen-bond donors (Lipinski definition) is 2. The van der Waals surface area contributed by atoms with Gasteiger partial charge in [0.2, 0.25) is 0 Å². The smallest absolute Gasteiger partial charge is 0.324 e. The van der Waals surface area contributed by atoms with Gasteiger partial charge in [0.15, 0.2) is 0 Å². The molecule has 0 bridgehead atoms. The number of carbonyl (C=O) groups is 1. The van der Waals surface area contributed by atoms with Gasteiger partial charge in [0, 0.05) is 19.8 Å². The lowest BCUT2D eigenvalue weighted by molar-refractivity contribution is 0.203. The molecule has 0 aromatic rings. The minimum Gasteiger partial charge on any atom is -0.397 e. The molecule has 1 atom stereocenters. The molecule has 0 aliphatic carbocycles. The molecule has 0 aliphatic heterocycles. The zero-order valence-electron chi connectivity index (χ0n) is 10.5. The molecule has 16 heavy (non-hydrogen) atoms. The normalized spacial score (nSPS) is 12.8. The molecule has 0 aromatic heterocycles. The predicted octanol–water partition coefficient (Wildman–Crippen LogP) is 1.12. The van der Waals surface area contributed by atoms with Crippen molar-refractivity contribution in [2.24, 2.45) is 5.73 Å². The Bertz CT molecular complexity index is 187. The van der Waals surface area contributed by atoms with Crippen LogP contribution in [0.15, 0.2) is 0 Å². The third-order valence-electron chi connectivity index (χ3n) is 2.26. The topological polar surface area (TPSA) is 73.6 Å². The molecule has 5 nitrogen and oxygen atoms in total. The molecule has 0 fully saturated rings. The fraction of sp³-hybridized carbons (Fsp3) is 0.900. The lowest BCUT2D eigenvalue weighted by Gasteiger charge is -2.21. The second kappa shape index (κ2) is 9.62. The largest absolute Gasteiger partial charge is 0.397 e. The van der Waals surface area contributed by atoms with E-state index < -0.39 is 15.3 Å². The molecule has 0 spiro atoms. The van der Waals surface area contributed by atoms with Gasteiger partial charge >= 0.3 is 15.3 Å². The van der Waals surface area contributed by atoms with E-state index >= 15 is 0 Å². The number of amides is 2. The summed E-state index contributed by atoms with van der Waals surface area (Å²) in [6.45, 7) is 8.16. The van der Waals surface area contributed by atoms with Crippen LogP contribution in [0, 0.1) is 0 Å². The standard InChI is InChI=1S/C10H24N2O3Si/c1-4-14-16(15-5-2)9(3)7-6-8-12-10(11)13/h9,16H,4-8H2,1-3H3,(H3,11,12,13). The molecular weight excluding hydrogens is 224 g/mol. The monoisotopic (exact) mass is 248 g/mol.